The number of carbonyl (C=O) groups excluding carboxylic acids is 1. The minimum Gasteiger partial charge on any atom is -0.383 e. The van der Waals surface area contributed by atoms with Gasteiger partial charge in [-0.25, -0.2) is 0 Å². The van der Waals surface area contributed by atoms with Crippen molar-refractivity contribution in [3.05, 3.63) is 52.3 Å². The number of aromatic nitrogens is 2. The van der Waals surface area contributed by atoms with E-state index in [-0.39, 0.29) is 12.5 Å². The number of fused-ring (bicyclic) bond motifs is 1. The molecule has 0 unspecified atom stereocenters. The van der Waals surface area contributed by atoms with Crippen molar-refractivity contribution in [1.82, 2.24) is 14.7 Å². The highest BCUT2D eigenvalue weighted by Crippen LogP contribution is 2.36. The average Bonchev–Trinajstić information content (AvgIpc) is 3.05. The van der Waals surface area contributed by atoms with Crippen LogP contribution in [0.4, 0.5) is 13.2 Å². The first kappa shape index (κ1) is 20.4. The highest BCUT2D eigenvalue weighted by molar-refractivity contribution is 5.95. The van der Waals surface area contributed by atoms with Crippen LogP contribution in [-0.2, 0) is 30.3 Å². The molecule has 1 heterocycles. The second-order valence-corrected chi connectivity index (χ2v) is 7.01. The number of hydrogen-bond donors (Lipinski definition) is 0. The van der Waals surface area contributed by atoms with Crippen LogP contribution in [0.5, 0.6) is 0 Å². The van der Waals surface area contributed by atoms with Gasteiger partial charge in [-0.2, -0.15) is 18.3 Å². The third kappa shape index (κ3) is 4.22. The highest BCUT2D eigenvalue weighted by Gasteiger charge is 2.39. The third-order valence-corrected chi connectivity index (χ3v) is 5.07. The molecule has 0 bridgehead atoms. The number of ether oxygens (including phenoxy) is 1. The molecule has 0 radical (unpaired) electrons. The summed E-state index contributed by atoms with van der Waals surface area (Å²) >= 11 is 0. The van der Waals surface area contributed by atoms with Gasteiger partial charge in [-0.15, -0.1) is 0 Å². The predicted molar refractivity (Wildman–Crippen MR) is 98.3 cm³/mol. The summed E-state index contributed by atoms with van der Waals surface area (Å²) in [7, 11) is 3.24. The SMILES string of the molecule is COCCN(C)C(=O)c1ccccc1Cn1nc(C(F)(F)F)c2c1CCCC2. The van der Waals surface area contributed by atoms with E-state index >= 15 is 0 Å². The Morgan fingerprint density at radius 2 is 1.96 bits per heavy atom. The van der Waals surface area contributed by atoms with E-state index in [0.29, 0.717) is 48.4 Å². The zero-order chi connectivity index (χ0) is 20.3. The fourth-order valence-electron chi connectivity index (χ4n) is 3.59. The zero-order valence-electron chi connectivity index (χ0n) is 16.1. The lowest BCUT2D eigenvalue weighted by molar-refractivity contribution is -0.142. The number of halogens is 3. The Morgan fingerprint density at radius 1 is 1.25 bits per heavy atom. The summed E-state index contributed by atoms with van der Waals surface area (Å²) in [6, 6.07) is 6.99. The smallest absolute Gasteiger partial charge is 0.383 e. The van der Waals surface area contributed by atoms with E-state index in [2.05, 4.69) is 5.10 Å². The maximum Gasteiger partial charge on any atom is 0.435 e. The van der Waals surface area contributed by atoms with Crippen LogP contribution in [-0.4, -0.2) is 47.9 Å². The molecule has 5 nitrogen and oxygen atoms in total. The number of carbonyl (C=O) groups is 1. The number of alkyl halides is 3. The van der Waals surface area contributed by atoms with Crippen LogP contribution in [0.3, 0.4) is 0 Å². The predicted octanol–water partition coefficient (Wildman–Crippen LogP) is 3.55. The molecule has 152 valence electrons. The van der Waals surface area contributed by atoms with Gasteiger partial charge >= 0.3 is 6.18 Å². The molecule has 1 aromatic carbocycles. The van der Waals surface area contributed by atoms with Gasteiger partial charge in [0.1, 0.15) is 0 Å². The molecule has 1 amide bonds. The molecule has 1 aliphatic rings. The summed E-state index contributed by atoms with van der Waals surface area (Å²) in [5.74, 6) is -0.190. The third-order valence-electron chi connectivity index (χ3n) is 5.07. The summed E-state index contributed by atoms with van der Waals surface area (Å²) in [5, 5.41) is 3.90. The van der Waals surface area contributed by atoms with Gasteiger partial charge in [-0.05, 0) is 37.3 Å². The topological polar surface area (TPSA) is 47.4 Å². The van der Waals surface area contributed by atoms with Gasteiger partial charge in [0.15, 0.2) is 5.69 Å². The van der Waals surface area contributed by atoms with E-state index in [1.54, 1.807) is 43.3 Å². The van der Waals surface area contributed by atoms with Gasteiger partial charge in [0.05, 0.1) is 13.2 Å². The standard InChI is InChI=1S/C20H24F3N3O2/c1-25(11-12-28-2)19(27)15-8-4-3-7-14(15)13-26-17-10-6-5-9-16(17)18(24-26)20(21,22)23/h3-4,7-8H,5-6,9-13H2,1-2H3. The Bertz CT molecular complexity index is 846. The molecule has 0 atom stereocenters. The van der Waals surface area contributed by atoms with Crippen molar-refractivity contribution in [2.45, 2.75) is 38.4 Å². The van der Waals surface area contributed by atoms with Crippen LogP contribution in [0.15, 0.2) is 24.3 Å². The first-order valence-corrected chi connectivity index (χ1v) is 9.31. The number of nitrogens with zero attached hydrogens (tertiary/aromatic N) is 3. The van der Waals surface area contributed by atoms with Crippen LogP contribution in [0.1, 0.15) is 45.7 Å². The van der Waals surface area contributed by atoms with Crippen molar-refractivity contribution in [3.63, 3.8) is 0 Å². The molecular weight excluding hydrogens is 371 g/mol. The van der Waals surface area contributed by atoms with Gasteiger partial charge in [0.25, 0.3) is 5.91 Å². The molecule has 1 aliphatic carbocycles. The molecule has 2 aromatic rings. The summed E-state index contributed by atoms with van der Waals surface area (Å²) < 4.78 is 46.7. The molecule has 1 aromatic heterocycles. The number of hydrogen-bond acceptors (Lipinski definition) is 3. The van der Waals surface area contributed by atoms with Crippen molar-refractivity contribution < 1.29 is 22.7 Å². The van der Waals surface area contributed by atoms with E-state index in [0.717, 1.165) is 12.8 Å². The van der Waals surface area contributed by atoms with Crippen molar-refractivity contribution in [2.24, 2.45) is 0 Å². The first-order chi connectivity index (χ1) is 13.3. The lowest BCUT2D eigenvalue weighted by atomic mass is 9.95. The van der Waals surface area contributed by atoms with Crippen LogP contribution in [0.2, 0.25) is 0 Å². The average molecular weight is 395 g/mol. The van der Waals surface area contributed by atoms with Gasteiger partial charge in [0.2, 0.25) is 0 Å². The Labute approximate surface area is 162 Å². The largest absolute Gasteiger partial charge is 0.435 e. The van der Waals surface area contributed by atoms with Crippen LogP contribution < -0.4 is 0 Å². The molecule has 3 rings (SSSR count). The highest BCUT2D eigenvalue weighted by atomic mass is 19.4. The molecule has 0 spiro atoms. The Hall–Kier alpha value is -2.35. The van der Waals surface area contributed by atoms with Crippen LogP contribution >= 0.6 is 0 Å². The quantitative estimate of drug-likeness (QED) is 0.752. The number of amides is 1. The van der Waals surface area contributed by atoms with Crippen LogP contribution in [0.25, 0.3) is 0 Å². The van der Waals surface area contributed by atoms with Gasteiger partial charge in [0, 0.05) is 37.5 Å². The second-order valence-electron chi connectivity index (χ2n) is 7.01. The van der Waals surface area contributed by atoms with E-state index in [9.17, 15) is 18.0 Å². The van der Waals surface area contributed by atoms with E-state index in [1.165, 1.54) is 4.68 Å². The molecule has 28 heavy (non-hydrogen) atoms. The number of likely N-dealkylation sites (N-methyl/N-ethyl adjacent to an activating group) is 1. The summed E-state index contributed by atoms with van der Waals surface area (Å²) in [5.41, 5.74) is 1.27. The van der Waals surface area contributed by atoms with E-state index in [4.69, 9.17) is 4.74 Å². The lowest BCUT2D eigenvalue weighted by Gasteiger charge is -2.19. The lowest BCUT2D eigenvalue weighted by Crippen LogP contribution is -2.31. The molecule has 0 fully saturated rings. The monoisotopic (exact) mass is 395 g/mol. The maximum atomic E-state index is 13.4. The van der Waals surface area contributed by atoms with E-state index < -0.39 is 11.9 Å². The maximum absolute atomic E-state index is 13.4. The zero-order valence-corrected chi connectivity index (χ0v) is 16.1. The van der Waals surface area contributed by atoms with Crippen molar-refractivity contribution in [2.75, 3.05) is 27.3 Å². The fourth-order valence-corrected chi connectivity index (χ4v) is 3.59. The first-order valence-electron chi connectivity index (χ1n) is 9.31. The number of rotatable bonds is 6. The van der Waals surface area contributed by atoms with Crippen LogP contribution in [0, 0.1) is 0 Å². The molecule has 0 saturated carbocycles. The number of methoxy groups -OCH3 is 1. The van der Waals surface area contributed by atoms with Gasteiger partial charge in [-0.1, -0.05) is 18.2 Å². The number of benzene rings is 1. The normalized spacial score (nSPS) is 14.0. The van der Waals surface area contributed by atoms with Crippen molar-refractivity contribution in [1.29, 1.82) is 0 Å². The second kappa shape index (κ2) is 8.34. The Kier molecular flexibility index (Phi) is 6.07. The minimum atomic E-state index is -4.47. The minimum absolute atomic E-state index is 0.137. The van der Waals surface area contributed by atoms with Crippen molar-refractivity contribution >= 4 is 5.91 Å². The fraction of sp³-hybridized carbons (Fsp3) is 0.500. The molecule has 0 saturated heterocycles. The molecule has 8 heteroatoms. The van der Waals surface area contributed by atoms with Crippen molar-refractivity contribution in [3.8, 4) is 0 Å². The van der Waals surface area contributed by atoms with E-state index in [1.807, 2.05) is 0 Å². The van der Waals surface area contributed by atoms with Gasteiger partial charge in [-0.3, -0.25) is 9.48 Å². The van der Waals surface area contributed by atoms with Gasteiger partial charge < -0.3 is 9.64 Å². The summed E-state index contributed by atoms with van der Waals surface area (Å²) in [6.45, 7) is 0.976. The Balaban J connectivity index is 1.93. The summed E-state index contributed by atoms with van der Waals surface area (Å²) in [6.07, 6.45) is -1.92. The Morgan fingerprint density at radius 3 is 2.68 bits per heavy atom. The molecule has 0 aliphatic heterocycles. The molecule has 0 N–H and O–H groups in total. The molecular formula is C20H24F3N3O2. The summed E-state index contributed by atoms with van der Waals surface area (Å²) in [4.78, 5) is 14.3.